The summed E-state index contributed by atoms with van der Waals surface area (Å²) in [7, 11) is 3.52. The maximum atomic E-state index is 13.5. The third-order valence-corrected chi connectivity index (χ3v) is 4.86. The summed E-state index contributed by atoms with van der Waals surface area (Å²) in [4.78, 5) is 6.77. The molecule has 0 heterocycles. The van der Waals surface area contributed by atoms with Gasteiger partial charge in [0.15, 0.2) is 5.96 Å². The lowest BCUT2D eigenvalue weighted by atomic mass is 9.84. The molecule has 1 aliphatic rings. The second-order valence-corrected chi connectivity index (χ2v) is 7.51. The molecule has 0 aliphatic heterocycles. The number of hydrogen-bond acceptors (Lipinski definition) is 3. The standard InChI is InChI=1S/C20H33FN4O.HI/c1-20(2,16-6-5-7-17(21)14-16)15-24-19(22-3)23-10-11-25(12-13-26-4)18-8-9-18;/h5-7,14,18H,8-13,15H2,1-4H3,(H2,22,23,24);1H. The first kappa shape index (κ1) is 24.1. The minimum atomic E-state index is -0.200. The van der Waals surface area contributed by atoms with E-state index in [0.29, 0.717) is 12.6 Å². The van der Waals surface area contributed by atoms with Crippen LogP contribution in [0.25, 0.3) is 0 Å². The van der Waals surface area contributed by atoms with E-state index in [1.54, 1.807) is 26.3 Å². The summed E-state index contributed by atoms with van der Waals surface area (Å²) in [5.41, 5.74) is 0.776. The number of halogens is 2. The summed E-state index contributed by atoms with van der Waals surface area (Å²) in [6.45, 7) is 8.42. The van der Waals surface area contributed by atoms with Crippen molar-refractivity contribution in [3.05, 3.63) is 35.6 Å². The van der Waals surface area contributed by atoms with E-state index in [0.717, 1.165) is 37.8 Å². The molecule has 1 saturated carbocycles. The molecular weight excluding hydrogens is 458 g/mol. The van der Waals surface area contributed by atoms with Gasteiger partial charge in [0.1, 0.15) is 5.82 Å². The number of ether oxygens (including phenoxy) is 1. The number of methoxy groups -OCH3 is 1. The highest BCUT2D eigenvalue weighted by Crippen LogP contribution is 2.26. The molecule has 0 amide bonds. The smallest absolute Gasteiger partial charge is 0.191 e. The van der Waals surface area contributed by atoms with E-state index in [1.807, 2.05) is 6.07 Å². The number of nitrogens with one attached hydrogen (secondary N) is 2. The molecule has 0 unspecified atom stereocenters. The highest BCUT2D eigenvalue weighted by Gasteiger charge is 2.28. The molecule has 0 spiro atoms. The molecule has 2 rings (SSSR count). The van der Waals surface area contributed by atoms with Crippen molar-refractivity contribution < 1.29 is 9.13 Å². The summed E-state index contributed by atoms with van der Waals surface area (Å²) in [6, 6.07) is 7.51. The van der Waals surface area contributed by atoms with Gasteiger partial charge in [-0.25, -0.2) is 4.39 Å². The number of hydrogen-bond donors (Lipinski definition) is 2. The minimum absolute atomic E-state index is 0. The second kappa shape index (κ2) is 11.8. The Hall–Kier alpha value is -0.930. The van der Waals surface area contributed by atoms with E-state index in [1.165, 1.54) is 18.9 Å². The zero-order valence-corrected chi connectivity index (χ0v) is 19.3. The molecular formula is C20H34FIN4O. The van der Waals surface area contributed by atoms with Crippen LogP contribution in [0.4, 0.5) is 4.39 Å². The van der Waals surface area contributed by atoms with E-state index in [4.69, 9.17) is 4.74 Å². The van der Waals surface area contributed by atoms with Crippen molar-refractivity contribution in [2.24, 2.45) is 4.99 Å². The van der Waals surface area contributed by atoms with Crippen molar-refractivity contribution in [1.82, 2.24) is 15.5 Å². The quantitative estimate of drug-likeness (QED) is 0.300. The van der Waals surface area contributed by atoms with Crippen LogP contribution in [0.5, 0.6) is 0 Å². The lowest BCUT2D eigenvalue weighted by molar-refractivity contribution is 0.144. The van der Waals surface area contributed by atoms with Crippen molar-refractivity contribution in [2.45, 2.75) is 38.1 Å². The first-order valence-electron chi connectivity index (χ1n) is 9.40. The molecule has 0 saturated heterocycles. The number of nitrogens with zero attached hydrogens (tertiary/aromatic N) is 2. The average molecular weight is 492 g/mol. The molecule has 0 atom stereocenters. The molecule has 27 heavy (non-hydrogen) atoms. The fraction of sp³-hybridized carbons (Fsp3) is 0.650. The molecule has 1 aromatic carbocycles. The van der Waals surface area contributed by atoms with Crippen LogP contribution >= 0.6 is 24.0 Å². The molecule has 1 aromatic rings. The second-order valence-electron chi connectivity index (χ2n) is 7.51. The highest BCUT2D eigenvalue weighted by atomic mass is 127. The maximum absolute atomic E-state index is 13.5. The monoisotopic (exact) mass is 492 g/mol. The van der Waals surface area contributed by atoms with Gasteiger partial charge in [-0.05, 0) is 30.5 Å². The summed E-state index contributed by atoms with van der Waals surface area (Å²) in [6.07, 6.45) is 2.58. The summed E-state index contributed by atoms with van der Waals surface area (Å²) in [5, 5.41) is 6.74. The van der Waals surface area contributed by atoms with Crippen molar-refractivity contribution in [3.63, 3.8) is 0 Å². The Kier molecular flexibility index (Phi) is 10.5. The molecule has 1 fully saturated rings. The number of benzene rings is 1. The van der Waals surface area contributed by atoms with Crippen molar-refractivity contribution in [2.75, 3.05) is 46.9 Å². The normalized spacial score (nSPS) is 14.8. The van der Waals surface area contributed by atoms with Crippen LogP contribution in [0.1, 0.15) is 32.3 Å². The zero-order chi connectivity index (χ0) is 19.0. The molecule has 2 N–H and O–H groups in total. The largest absolute Gasteiger partial charge is 0.383 e. The van der Waals surface area contributed by atoms with Crippen LogP contribution in [-0.4, -0.2) is 63.8 Å². The predicted octanol–water partition coefficient (Wildman–Crippen LogP) is 3.00. The Morgan fingerprint density at radius 1 is 1.30 bits per heavy atom. The van der Waals surface area contributed by atoms with Crippen LogP contribution in [0.15, 0.2) is 29.3 Å². The summed E-state index contributed by atoms with van der Waals surface area (Å²) < 4.78 is 18.7. The van der Waals surface area contributed by atoms with Crippen molar-refractivity contribution in [3.8, 4) is 0 Å². The highest BCUT2D eigenvalue weighted by molar-refractivity contribution is 14.0. The minimum Gasteiger partial charge on any atom is -0.383 e. The number of guanidine groups is 1. The molecule has 0 radical (unpaired) electrons. The topological polar surface area (TPSA) is 48.9 Å². The fourth-order valence-electron chi connectivity index (χ4n) is 2.98. The summed E-state index contributed by atoms with van der Waals surface area (Å²) >= 11 is 0. The predicted molar refractivity (Wildman–Crippen MR) is 121 cm³/mol. The number of rotatable bonds is 10. The van der Waals surface area contributed by atoms with Crippen LogP contribution in [-0.2, 0) is 10.2 Å². The van der Waals surface area contributed by atoms with Gasteiger partial charge in [-0.3, -0.25) is 9.89 Å². The van der Waals surface area contributed by atoms with E-state index < -0.39 is 0 Å². The lowest BCUT2D eigenvalue weighted by Gasteiger charge is -2.27. The lowest BCUT2D eigenvalue weighted by Crippen LogP contribution is -2.46. The maximum Gasteiger partial charge on any atom is 0.191 e. The van der Waals surface area contributed by atoms with Gasteiger partial charge in [-0.15, -0.1) is 24.0 Å². The van der Waals surface area contributed by atoms with Gasteiger partial charge in [-0.2, -0.15) is 0 Å². The van der Waals surface area contributed by atoms with Crippen LogP contribution in [0.3, 0.4) is 0 Å². The van der Waals surface area contributed by atoms with Crippen molar-refractivity contribution in [1.29, 1.82) is 0 Å². The Labute approximate surface area is 180 Å². The van der Waals surface area contributed by atoms with Gasteiger partial charge in [-0.1, -0.05) is 26.0 Å². The molecule has 154 valence electrons. The van der Waals surface area contributed by atoms with Gasteiger partial charge in [0.2, 0.25) is 0 Å². The molecule has 1 aliphatic carbocycles. The van der Waals surface area contributed by atoms with E-state index >= 15 is 0 Å². The SMILES string of the molecule is CN=C(NCCN(CCOC)C1CC1)NCC(C)(C)c1cccc(F)c1.I. The third kappa shape index (κ3) is 8.31. The Morgan fingerprint density at radius 3 is 2.63 bits per heavy atom. The van der Waals surface area contributed by atoms with Gasteiger partial charge >= 0.3 is 0 Å². The van der Waals surface area contributed by atoms with E-state index in [2.05, 4.69) is 34.4 Å². The van der Waals surface area contributed by atoms with Crippen molar-refractivity contribution >= 4 is 29.9 Å². The van der Waals surface area contributed by atoms with Gasteiger partial charge in [0.05, 0.1) is 6.61 Å². The molecule has 0 aromatic heterocycles. The van der Waals surface area contributed by atoms with Gasteiger partial charge < -0.3 is 15.4 Å². The number of aliphatic imine (C=N–C) groups is 1. The third-order valence-electron chi connectivity index (χ3n) is 4.86. The van der Waals surface area contributed by atoms with E-state index in [9.17, 15) is 4.39 Å². The van der Waals surface area contributed by atoms with Crippen LogP contribution in [0.2, 0.25) is 0 Å². The summed E-state index contributed by atoms with van der Waals surface area (Å²) in [5.74, 6) is 0.575. The van der Waals surface area contributed by atoms with Crippen LogP contribution in [0, 0.1) is 5.82 Å². The first-order chi connectivity index (χ1) is 12.5. The van der Waals surface area contributed by atoms with Crippen LogP contribution < -0.4 is 10.6 Å². The Morgan fingerprint density at radius 2 is 2.04 bits per heavy atom. The van der Waals surface area contributed by atoms with Gasteiger partial charge in [0.25, 0.3) is 0 Å². The zero-order valence-electron chi connectivity index (χ0n) is 16.9. The average Bonchev–Trinajstić information content (AvgIpc) is 3.45. The fourth-order valence-corrected chi connectivity index (χ4v) is 2.98. The van der Waals surface area contributed by atoms with E-state index in [-0.39, 0.29) is 35.2 Å². The van der Waals surface area contributed by atoms with Gasteiger partial charge in [0, 0.05) is 51.8 Å². The Balaban J connectivity index is 0.00000364. The molecule has 0 bridgehead atoms. The molecule has 5 nitrogen and oxygen atoms in total. The molecule has 7 heteroatoms. The first-order valence-corrected chi connectivity index (χ1v) is 9.40. The Bertz CT molecular complexity index is 593.